The first kappa shape index (κ1) is 15.6. The fraction of sp³-hybridized carbons (Fsp3) is 0.0500. The van der Waals surface area contributed by atoms with Crippen LogP contribution in [0.15, 0.2) is 84.1 Å². The van der Waals surface area contributed by atoms with Crippen molar-refractivity contribution in [1.82, 2.24) is 4.98 Å². The van der Waals surface area contributed by atoms with Gasteiger partial charge in [-0.1, -0.05) is 59.8 Å². The summed E-state index contributed by atoms with van der Waals surface area (Å²) < 4.78 is 0. The van der Waals surface area contributed by atoms with E-state index in [1.807, 2.05) is 67.6 Å². The highest BCUT2D eigenvalue weighted by Gasteiger charge is 2.13. The van der Waals surface area contributed by atoms with Gasteiger partial charge in [-0.15, -0.1) is 0 Å². The summed E-state index contributed by atoms with van der Waals surface area (Å²) in [6.07, 6.45) is 1.68. The van der Waals surface area contributed by atoms with Gasteiger partial charge in [-0.05, 0) is 30.7 Å². The Hall–Kier alpha value is -3.27. The molecule has 118 valence electrons. The fourth-order valence-corrected chi connectivity index (χ4v) is 2.28. The van der Waals surface area contributed by atoms with Crippen LogP contribution >= 0.6 is 0 Å². The summed E-state index contributed by atoms with van der Waals surface area (Å²) in [5, 5.41) is 4.09. The van der Waals surface area contributed by atoms with Crippen LogP contribution in [-0.4, -0.2) is 16.7 Å². The van der Waals surface area contributed by atoms with Crippen molar-refractivity contribution in [3.8, 4) is 0 Å². The second kappa shape index (κ2) is 7.33. The fourth-order valence-electron chi connectivity index (χ4n) is 2.28. The summed E-state index contributed by atoms with van der Waals surface area (Å²) in [5.41, 5.74) is 3.32. The van der Waals surface area contributed by atoms with Gasteiger partial charge < -0.3 is 4.84 Å². The van der Waals surface area contributed by atoms with E-state index in [0.717, 1.165) is 11.1 Å². The lowest BCUT2D eigenvalue weighted by Gasteiger charge is -2.06. The van der Waals surface area contributed by atoms with Crippen molar-refractivity contribution >= 4 is 11.7 Å². The second-order valence-corrected chi connectivity index (χ2v) is 5.21. The third kappa shape index (κ3) is 3.55. The first-order chi connectivity index (χ1) is 11.8. The third-order valence-electron chi connectivity index (χ3n) is 3.54. The molecule has 0 amide bonds. The number of aryl methyl sites for hydroxylation is 1. The van der Waals surface area contributed by atoms with Gasteiger partial charge in [-0.3, -0.25) is 4.98 Å². The Balaban J connectivity index is 1.93. The number of rotatable bonds is 4. The molecule has 0 spiro atoms. The molecule has 0 saturated carbocycles. The maximum Gasteiger partial charge on any atom is 0.366 e. The molecule has 2 aromatic carbocycles. The van der Waals surface area contributed by atoms with Gasteiger partial charge in [0.2, 0.25) is 0 Å². The highest BCUT2D eigenvalue weighted by atomic mass is 16.7. The predicted octanol–water partition coefficient (Wildman–Crippen LogP) is 4.00. The quantitative estimate of drug-likeness (QED) is 0.415. The Morgan fingerprint density at radius 2 is 1.62 bits per heavy atom. The Labute approximate surface area is 140 Å². The standard InChI is InChI=1S/C20H16N2O2/c1-15-9-5-6-12-17(15)20(23)24-22-19(16-10-3-2-4-11-16)18-13-7-8-14-21-18/h2-14H,1H3/b22-19-. The predicted molar refractivity (Wildman–Crippen MR) is 92.9 cm³/mol. The molecule has 4 heteroatoms. The van der Waals surface area contributed by atoms with E-state index in [-0.39, 0.29) is 0 Å². The molecule has 3 aromatic rings. The van der Waals surface area contributed by atoms with E-state index in [0.29, 0.717) is 17.0 Å². The van der Waals surface area contributed by atoms with Crippen molar-refractivity contribution in [3.05, 3.63) is 101 Å². The summed E-state index contributed by atoms with van der Waals surface area (Å²) in [6.45, 7) is 1.86. The van der Waals surface area contributed by atoms with Gasteiger partial charge in [0, 0.05) is 11.8 Å². The van der Waals surface area contributed by atoms with E-state index < -0.39 is 5.97 Å². The van der Waals surface area contributed by atoms with Crippen molar-refractivity contribution in [3.63, 3.8) is 0 Å². The average molecular weight is 316 g/mol. The maximum absolute atomic E-state index is 12.3. The average Bonchev–Trinajstić information content (AvgIpc) is 2.64. The number of nitrogens with zero attached hydrogens (tertiary/aromatic N) is 2. The normalized spacial score (nSPS) is 11.1. The van der Waals surface area contributed by atoms with Crippen LogP contribution in [0, 0.1) is 6.92 Å². The minimum absolute atomic E-state index is 0.488. The number of carbonyl (C=O) groups is 1. The molecule has 1 heterocycles. The molecule has 0 unspecified atom stereocenters. The zero-order valence-corrected chi connectivity index (χ0v) is 13.2. The van der Waals surface area contributed by atoms with E-state index in [1.54, 1.807) is 18.3 Å². The van der Waals surface area contributed by atoms with Crippen LogP contribution in [0.5, 0.6) is 0 Å². The summed E-state index contributed by atoms with van der Waals surface area (Å²) in [4.78, 5) is 21.8. The zero-order valence-electron chi connectivity index (χ0n) is 13.2. The molecule has 0 radical (unpaired) electrons. The number of oxime groups is 1. The second-order valence-electron chi connectivity index (χ2n) is 5.21. The lowest BCUT2D eigenvalue weighted by molar-refractivity contribution is 0.0516. The Morgan fingerprint density at radius 1 is 0.917 bits per heavy atom. The molecule has 0 bridgehead atoms. The largest absolute Gasteiger partial charge is 0.366 e. The van der Waals surface area contributed by atoms with Crippen LogP contribution in [0.3, 0.4) is 0 Å². The molecular formula is C20H16N2O2. The molecule has 1 aromatic heterocycles. The van der Waals surface area contributed by atoms with Crippen LogP contribution in [0.2, 0.25) is 0 Å². The van der Waals surface area contributed by atoms with Crippen LogP contribution in [0.25, 0.3) is 0 Å². The van der Waals surface area contributed by atoms with E-state index in [1.165, 1.54) is 0 Å². The summed E-state index contributed by atoms with van der Waals surface area (Å²) >= 11 is 0. The monoisotopic (exact) mass is 316 g/mol. The van der Waals surface area contributed by atoms with Gasteiger partial charge in [0.25, 0.3) is 0 Å². The minimum Gasteiger partial charge on any atom is -0.312 e. The number of hydrogen-bond acceptors (Lipinski definition) is 4. The SMILES string of the molecule is Cc1ccccc1C(=O)O/N=C(/c1ccccc1)c1ccccn1. The van der Waals surface area contributed by atoms with Crippen molar-refractivity contribution in [1.29, 1.82) is 0 Å². The molecule has 0 fully saturated rings. The zero-order chi connectivity index (χ0) is 16.8. The Bertz CT molecular complexity index is 818. The van der Waals surface area contributed by atoms with Gasteiger partial charge in [0.05, 0.1) is 11.3 Å². The Morgan fingerprint density at radius 3 is 2.33 bits per heavy atom. The first-order valence-corrected chi connectivity index (χ1v) is 7.57. The third-order valence-corrected chi connectivity index (χ3v) is 3.54. The maximum atomic E-state index is 12.3. The van der Waals surface area contributed by atoms with Crippen molar-refractivity contribution in [2.75, 3.05) is 0 Å². The van der Waals surface area contributed by atoms with Gasteiger partial charge >= 0.3 is 5.97 Å². The number of hydrogen-bond donors (Lipinski definition) is 0. The van der Waals surface area contributed by atoms with E-state index >= 15 is 0 Å². The van der Waals surface area contributed by atoms with Crippen LogP contribution in [0.1, 0.15) is 27.2 Å². The number of pyridine rings is 1. The number of benzene rings is 2. The molecule has 4 nitrogen and oxygen atoms in total. The highest BCUT2D eigenvalue weighted by molar-refractivity contribution is 6.11. The first-order valence-electron chi connectivity index (χ1n) is 7.57. The summed E-state index contributed by atoms with van der Waals surface area (Å²) in [5.74, 6) is -0.488. The van der Waals surface area contributed by atoms with Crippen molar-refractivity contribution in [2.24, 2.45) is 5.16 Å². The lowest BCUT2D eigenvalue weighted by Crippen LogP contribution is -2.10. The van der Waals surface area contributed by atoms with Crippen molar-refractivity contribution in [2.45, 2.75) is 6.92 Å². The van der Waals surface area contributed by atoms with E-state index in [4.69, 9.17) is 4.84 Å². The molecule has 0 saturated heterocycles. The van der Waals surface area contributed by atoms with Crippen LogP contribution < -0.4 is 0 Å². The van der Waals surface area contributed by atoms with Gasteiger partial charge in [0.1, 0.15) is 5.71 Å². The van der Waals surface area contributed by atoms with Crippen LogP contribution in [-0.2, 0) is 4.84 Å². The molecule has 24 heavy (non-hydrogen) atoms. The molecule has 0 atom stereocenters. The number of carbonyl (C=O) groups excluding carboxylic acids is 1. The molecule has 0 aliphatic heterocycles. The lowest BCUT2D eigenvalue weighted by atomic mass is 10.1. The summed E-state index contributed by atoms with van der Waals surface area (Å²) in [6, 6.07) is 22.3. The highest BCUT2D eigenvalue weighted by Crippen LogP contribution is 2.12. The molecular weight excluding hydrogens is 300 g/mol. The van der Waals surface area contributed by atoms with Crippen molar-refractivity contribution < 1.29 is 9.63 Å². The van der Waals surface area contributed by atoms with Gasteiger partial charge in [-0.2, -0.15) is 0 Å². The molecule has 0 aliphatic rings. The van der Waals surface area contributed by atoms with E-state index in [9.17, 15) is 4.79 Å². The minimum atomic E-state index is -0.488. The van der Waals surface area contributed by atoms with E-state index in [2.05, 4.69) is 10.1 Å². The van der Waals surface area contributed by atoms with Gasteiger partial charge in [-0.25, -0.2) is 4.79 Å². The van der Waals surface area contributed by atoms with Crippen LogP contribution in [0.4, 0.5) is 0 Å². The molecule has 0 N–H and O–H groups in total. The topological polar surface area (TPSA) is 51.5 Å². The Kier molecular flexibility index (Phi) is 4.77. The summed E-state index contributed by atoms with van der Waals surface area (Å²) in [7, 11) is 0. The van der Waals surface area contributed by atoms with Gasteiger partial charge in [0.15, 0.2) is 0 Å². The molecule has 0 aliphatic carbocycles. The number of aromatic nitrogens is 1. The molecule has 3 rings (SSSR count). The smallest absolute Gasteiger partial charge is 0.312 e.